The number of hydrogen-bond acceptors (Lipinski definition) is 3. The summed E-state index contributed by atoms with van der Waals surface area (Å²) in [5, 5.41) is 1.80. The standard InChI is InChI=1S/C22H23Cl3N4O/c1-27(2)11-12-29(22(30)16-3-6-18(23)7-4-16)15-21-26-9-10-28(21)14-17-5-8-19(24)13-20(17)25/h3-10,13H,11-12,14-15H2,1-2H3. The van der Waals surface area contributed by atoms with E-state index < -0.39 is 0 Å². The molecule has 0 fully saturated rings. The fourth-order valence-corrected chi connectivity index (χ4v) is 3.58. The summed E-state index contributed by atoms with van der Waals surface area (Å²) in [7, 11) is 3.96. The summed E-state index contributed by atoms with van der Waals surface area (Å²) in [5.74, 6) is 0.717. The molecule has 3 aromatic rings. The Kier molecular flexibility index (Phi) is 7.78. The number of aromatic nitrogens is 2. The molecule has 0 saturated heterocycles. The van der Waals surface area contributed by atoms with Gasteiger partial charge in [-0.25, -0.2) is 4.98 Å². The maximum atomic E-state index is 13.1. The van der Waals surface area contributed by atoms with Gasteiger partial charge in [0.1, 0.15) is 5.82 Å². The molecule has 0 radical (unpaired) electrons. The van der Waals surface area contributed by atoms with Crippen LogP contribution in [-0.2, 0) is 13.1 Å². The average molecular weight is 466 g/mol. The number of carbonyl (C=O) groups excluding carboxylic acids is 1. The van der Waals surface area contributed by atoms with Crippen molar-refractivity contribution in [2.45, 2.75) is 13.1 Å². The Labute approximate surface area is 191 Å². The van der Waals surface area contributed by atoms with E-state index in [9.17, 15) is 4.79 Å². The summed E-state index contributed by atoms with van der Waals surface area (Å²) in [4.78, 5) is 21.5. The van der Waals surface area contributed by atoms with Gasteiger partial charge < -0.3 is 14.4 Å². The first kappa shape index (κ1) is 22.6. The molecular formula is C22H23Cl3N4O. The predicted molar refractivity (Wildman–Crippen MR) is 123 cm³/mol. The highest BCUT2D eigenvalue weighted by Crippen LogP contribution is 2.22. The second-order valence-corrected chi connectivity index (χ2v) is 8.52. The summed E-state index contributed by atoms with van der Waals surface area (Å²) < 4.78 is 1.99. The predicted octanol–water partition coefficient (Wildman–Crippen LogP) is 5.10. The van der Waals surface area contributed by atoms with Crippen molar-refractivity contribution in [1.29, 1.82) is 0 Å². The van der Waals surface area contributed by atoms with Crippen LogP contribution < -0.4 is 0 Å². The lowest BCUT2D eigenvalue weighted by atomic mass is 10.2. The zero-order chi connectivity index (χ0) is 21.7. The van der Waals surface area contributed by atoms with Crippen molar-refractivity contribution in [1.82, 2.24) is 19.4 Å². The van der Waals surface area contributed by atoms with Crippen molar-refractivity contribution in [3.63, 3.8) is 0 Å². The van der Waals surface area contributed by atoms with E-state index in [0.29, 0.717) is 40.3 Å². The van der Waals surface area contributed by atoms with Gasteiger partial charge in [0.05, 0.1) is 13.1 Å². The van der Waals surface area contributed by atoms with Crippen molar-refractivity contribution in [2.24, 2.45) is 0 Å². The van der Waals surface area contributed by atoms with Gasteiger partial charge in [0.25, 0.3) is 5.91 Å². The maximum Gasteiger partial charge on any atom is 0.254 e. The van der Waals surface area contributed by atoms with Crippen LogP contribution >= 0.6 is 34.8 Å². The number of carbonyl (C=O) groups is 1. The Balaban J connectivity index is 1.81. The maximum absolute atomic E-state index is 13.1. The molecule has 3 rings (SSSR count). The summed E-state index contributed by atoms with van der Waals surface area (Å²) in [6.07, 6.45) is 3.62. The molecule has 0 bridgehead atoms. The summed E-state index contributed by atoms with van der Waals surface area (Å²) in [6, 6.07) is 12.4. The normalized spacial score (nSPS) is 11.1. The van der Waals surface area contributed by atoms with Gasteiger partial charge in [0.15, 0.2) is 0 Å². The molecule has 5 nitrogen and oxygen atoms in total. The van der Waals surface area contributed by atoms with Gasteiger partial charge in [-0.2, -0.15) is 0 Å². The van der Waals surface area contributed by atoms with E-state index in [-0.39, 0.29) is 5.91 Å². The van der Waals surface area contributed by atoms with E-state index in [1.165, 1.54) is 0 Å². The fraction of sp³-hybridized carbons (Fsp3) is 0.273. The highest BCUT2D eigenvalue weighted by atomic mass is 35.5. The molecule has 0 atom stereocenters. The second kappa shape index (κ2) is 10.3. The molecule has 30 heavy (non-hydrogen) atoms. The number of rotatable bonds is 8. The van der Waals surface area contributed by atoms with Crippen LogP contribution in [0.3, 0.4) is 0 Å². The highest BCUT2D eigenvalue weighted by molar-refractivity contribution is 6.35. The van der Waals surface area contributed by atoms with Crippen LogP contribution in [0.5, 0.6) is 0 Å². The van der Waals surface area contributed by atoms with Crippen molar-refractivity contribution < 1.29 is 4.79 Å². The first-order valence-corrected chi connectivity index (χ1v) is 10.6. The summed E-state index contributed by atoms with van der Waals surface area (Å²) >= 11 is 18.3. The lowest BCUT2D eigenvalue weighted by Gasteiger charge is -2.25. The van der Waals surface area contributed by atoms with Crippen LogP contribution in [-0.4, -0.2) is 52.4 Å². The van der Waals surface area contributed by atoms with Gasteiger partial charge in [-0.3, -0.25) is 4.79 Å². The van der Waals surface area contributed by atoms with Crippen LogP contribution in [0.1, 0.15) is 21.7 Å². The topological polar surface area (TPSA) is 41.4 Å². The molecular weight excluding hydrogens is 443 g/mol. The van der Waals surface area contributed by atoms with Crippen LogP contribution in [0.4, 0.5) is 0 Å². The average Bonchev–Trinajstić information content (AvgIpc) is 3.14. The number of likely N-dealkylation sites (N-methyl/N-ethyl adjacent to an activating group) is 1. The SMILES string of the molecule is CN(C)CCN(Cc1nccn1Cc1ccc(Cl)cc1Cl)C(=O)c1ccc(Cl)cc1. The van der Waals surface area contributed by atoms with E-state index in [0.717, 1.165) is 17.9 Å². The monoisotopic (exact) mass is 464 g/mol. The van der Waals surface area contributed by atoms with Crippen molar-refractivity contribution in [2.75, 3.05) is 27.2 Å². The van der Waals surface area contributed by atoms with E-state index in [1.54, 1.807) is 41.4 Å². The highest BCUT2D eigenvalue weighted by Gasteiger charge is 2.19. The van der Waals surface area contributed by atoms with E-state index >= 15 is 0 Å². The lowest BCUT2D eigenvalue weighted by molar-refractivity contribution is 0.0726. The van der Waals surface area contributed by atoms with Crippen molar-refractivity contribution in [3.05, 3.63) is 86.9 Å². The van der Waals surface area contributed by atoms with Gasteiger partial charge in [-0.05, 0) is 56.1 Å². The van der Waals surface area contributed by atoms with E-state index in [4.69, 9.17) is 34.8 Å². The molecule has 1 amide bonds. The molecule has 0 unspecified atom stereocenters. The third-order valence-electron chi connectivity index (χ3n) is 4.69. The Hall–Kier alpha value is -2.05. The van der Waals surface area contributed by atoms with Gasteiger partial charge in [-0.15, -0.1) is 0 Å². The molecule has 2 aromatic carbocycles. The van der Waals surface area contributed by atoms with Gasteiger partial charge in [0.2, 0.25) is 0 Å². The lowest BCUT2D eigenvalue weighted by Crippen LogP contribution is -2.37. The third kappa shape index (κ3) is 5.99. The Bertz CT molecular complexity index is 1000. The van der Waals surface area contributed by atoms with Crippen LogP contribution in [0, 0.1) is 0 Å². The van der Waals surface area contributed by atoms with Crippen LogP contribution in [0.25, 0.3) is 0 Å². The van der Waals surface area contributed by atoms with Gasteiger partial charge >= 0.3 is 0 Å². The minimum absolute atomic E-state index is 0.0624. The molecule has 8 heteroatoms. The Morgan fingerprint density at radius 3 is 2.37 bits per heavy atom. The number of amides is 1. The largest absolute Gasteiger partial charge is 0.330 e. The van der Waals surface area contributed by atoms with Crippen molar-refractivity contribution in [3.8, 4) is 0 Å². The Morgan fingerprint density at radius 1 is 1.00 bits per heavy atom. The van der Waals surface area contributed by atoms with Crippen molar-refractivity contribution >= 4 is 40.7 Å². The quantitative estimate of drug-likeness (QED) is 0.465. The Morgan fingerprint density at radius 2 is 1.70 bits per heavy atom. The third-order valence-corrected chi connectivity index (χ3v) is 5.52. The molecule has 0 aliphatic heterocycles. The second-order valence-electron chi connectivity index (χ2n) is 7.24. The number of halogens is 3. The molecule has 0 spiro atoms. The van der Waals surface area contributed by atoms with Crippen LogP contribution in [0.2, 0.25) is 15.1 Å². The molecule has 0 N–H and O–H groups in total. The zero-order valence-corrected chi connectivity index (χ0v) is 19.1. The van der Waals surface area contributed by atoms with Gasteiger partial charge in [-0.1, -0.05) is 40.9 Å². The number of imidazole rings is 1. The van der Waals surface area contributed by atoms with Gasteiger partial charge in [0, 0.05) is 46.1 Å². The number of nitrogens with zero attached hydrogens (tertiary/aromatic N) is 4. The summed E-state index contributed by atoms with van der Waals surface area (Å²) in [5.41, 5.74) is 1.53. The minimum atomic E-state index is -0.0624. The molecule has 158 valence electrons. The van der Waals surface area contributed by atoms with Crippen LogP contribution in [0.15, 0.2) is 54.9 Å². The zero-order valence-electron chi connectivity index (χ0n) is 16.9. The first-order chi connectivity index (χ1) is 14.3. The molecule has 1 aromatic heterocycles. The number of hydrogen-bond donors (Lipinski definition) is 0. The minimum Gasteiger partial charge on any atom is -0.330 e. The summed E-state index contributed by atoms with van der Waals surface area (Å²) in [6.45, 7) is 2.24. The first-order valence-electron chi connectivity index (χ1n) is 9.47. The number of benzene rings is 2. The molecule has 0 saturated carbocycles. The van der Waals surface area contributed by atoms with E-state index in [1.807, 2.05) is 41.9 Å². The molecule has 0 aliphatic rings. The molecule has 1 heterocycles. The van der Waals surface area contributed by atoms with E-state index in [2.05, 4.69) is 4.98 Å². The smallest absolute Gasteiger partial charge is 0.254 e. The fourth-order valence-electron chi connectivity index (χ4n) is 2.99. The molecule has 0 aliphatic carbocycles.